The molecule has 2 rings (SSSR count). The van der Waals surface area contributed by atoms with Crippen molar-refractivity contribution in [3.63, 3.8) is 0 Å². The largest absolute Gasteiger partial charge is 0.481 e. The number of nitrogens with zero attached hydrogens (tertiary/aromatic N) is 2. The summed E-state index contributed by atoms with van der Waals surface area (Å²) >= 11 is 0. The van der Waals surface area contributed by atoms with Gasteiger partial charge in [0, 0.05) is 6.04 Å². The summed E-state index contributed by atoms with van der Waals surface area (Å²) in [5.74, 6) is 1.10. The minimum atomic E-state index is 0.222. The maximum Gasteiger partial charge on any atom is 0.220 e. The van der Waals surface area contributed by atoms with E-state index in [1.165, 1.54) is 6.33 Å². The van der Waals surface area contributed by atoms with Gasteiger partial charge in [-0.2, -0.15) is 0 Å². The van der Waals surface area contributed by atoms with Crippen LogP contribution >= 0.6 is 0 Å². The minimum Gasteiger partial charge on any atom is -0.481 e. The third-order valence-corrected chi connectivity index (χ3v) is 2.83. The molecule has 5 nitrogen and oxygen atoms in total. The van der Waals surface area contributed by atoms with E-state index in [4.69, 9.17) is 15.2 Å². The number of rotatable bonds is 3. The van der Waals surface area contributed by atoms with Crippen molar-refractivity contribution in [2.75, 3.05) is 7.11 Å². The van der Waals surface area contributed by atoms with Crippen LogP contribution in [0.15, 0.2) is 12.4 Å². The van der Waals surface area contributed by atoms with E-state index in [1.807, 2.05) is 0 Å². The molecular weight excluding hydrogens is 206 g/mol. The second-order valence-corrected chi connectivity index (χ2v) is 4.05. The van der Waals surface area contributed by atoms with Gasteiger partial charge in [-0.1, -0.05) is 0 Å². The molecule has 0 bridgehead atoms. The second kappa shape index (κ2) is 5.12. The van der Waals surface area contributed by atoms with Crippen LogP contribution in [-0.2, 0) is 0 Å². The smallest absolute Gasteiger partial charge is 0.220 e. The summed E-state index contributed by atoms with van der Waals surface area (Å²) in [5, 5.41) is 0. The van der Waals surface area contributed by atoms with Gasteiger partial charge in [0.25, 0.3) is 0 Å². The number of aromatic nitrogens is 2. The van der Waals surface area contributed by atoms with Crippen LogP contribution in [0.1, 0.15) is 25.7 Å². The highest BCUT2D eigenvalue weighted by atomic mass is 16.5. The Kier molecular flexibility index (Phi) is 3.56. The first-order valence-corrected chi connectivity index (χ1v) is 5.56. The number of methoxy groups -OCH3 is 1. The Morgan fingerprint density at radius 2 is 1.88 bits per heavy atom. The van der Waals surface area contributed by atoms with Gasteiger partial charge < -0.3 is 15.2 Å². The lowest BCUT2D eigenvalue weighted by atomic mass is 9.94. The van der Waals surface area contributed by atoms with Gasteiger partial charge in [0.15, 0.2) is 0 Å². The van der Waals surface area contributed by atoms with Crippen LogP contribution in [0.3, 0.4) is 0 Å². The molecule has 1 fully saturated rings. The van der Waals surface area contributed by atoms with Gasteiger partial charge in [-0.25, -0.2) is 9.97 Å². The Bertz CT molecular complexity index is 338. The molecule has 0 saturated heterocycles. The molecule has 0 aromatic carbocycles. The maximum atomic E-state index is 5.83. The Morgan fingerprint density at radius 3 is 2.56 bits per heavy atom. The van der Waals surface area contributed by atoms with Crippen LogP contribution in [0.25, 0.3) is 0 Å². The fourth-order valence-electron chi connectivity index (χ4n) is 1.88. The molecule has 5 heteroatoms. The zero-order valence-corrected chi connectivity index (χ0v) is 9.43. The van der Waals surface area contributed by atoms with Crippen LogP contribution in [-0.4, -0.2) is 29.2 Å². The SMILES string of the molecule is COc1cc(OC2CCC(N)CC2)ncn1. The average Bonchev–Trinajstić information content (AvgIpc) is 2.32. The molecule has 2 N–H and O–H groups in total. The molecule has 0 radical (unpaired) electrons. The lowest BCUT2D eigenvalue weighted by Gasteiger charge is -2.26. The topological polar surface area (TPSA) is 70.3 Å². The van der Waals surface area contributed by atoms with Crippen molar-refractivity contribution < 1.29 is 9.47 Å². The molecule has 1 aromatic rings. The van der Waals surface area contributed by atoms with E-state index in [0.717, 1.165) is 25.7 Å². The van der Waals surface area contributed by atoms with Crippen molar-refractivity contribution >= 4 is 0 Å². The van der Waals surface area contributed by atoms with Crippen LogP contribution in [0.5, 0.6) is 11.8 Å². The van der Waals surface area contributed by atoms with E-state index < -0.39 is 0 Å². The summed E-state index contributed by atoms with van der Waals surface area (Å²) in [4.78, 5) is 7.99. The summed E-state index contributed by atoms with van der Waals surface area (Å²) < 4.78 is 10.8. The molecule has 1 saturated carbocycles. The van der Waals surface area contributed by atoms with Crippen molar-refractivity contribution in [3.8, 4) is 11.8 Å². The predicted octanol–water partition coefficient (Wildman–Crippen LogP) is 1.13. The van der Waals surface area contributed by atoms with E-state index in [2.05, 4.69) is 9.97 Å². The quantitative estimate of drug-likeness (QED) is 0.831. The number of hydrogen-bond acceptors (Lipinski definition) is 5. The summed E-state index contributed by atoms with van der Waals surface area (Å²) in [7, 11) is 1.58. The minimum absolute atomic E-state index is 0.222. The van der Waals surface area contributed by atoms with E-state index in [-0.39, 0.29) is 6.10 Å². The van der Waals surface area contributed by atoms with Crippen LogP contribution in [0, 0.1) is 0 Å². The first-order chi connectivity index (χ1) is 7.78. The summed E-state index contributed by atoms with van der Waals surface area (Å²) in [6.45, 7) is 0. The fourth-order valence-corrected chi connectivity index (χ4v) is 1.88. The van der Waals surface area contributed by atoms with Gasteiger partial charge in [0.05, 0.1) is 13.2 Å². The Hall–Kier alpha value is -1.36. The Morgan fingerprint density at radius 1 is 1.19 bits per heavy atom. The zero-order chi connectivity index (χ0) is 11.4. The van der Waals surface area contributed by atoms with Gasteiger partial charge in [0.1, 0.15) is 12.4 Å². The first kappa shape index (κ1) is 11.1. The highest BCUT2D eigenvalue weighted by Crippen LogP contribution is 2.22. The van der Waals surface area contributed by atoms with Crippen LogP contribution in [0.2, 0.25) is 0 Å². The van der Waals surface area contributed by atoms with E-state index in [0.29, 0.717) is 17.8 Å². The number of hydrogen-bond donors (Lipinski definition) is 1. The average molecular weight is 223 g/mol. The third-order valence-electron chi connectivity index (χ3n) is 2.83. The highest BCUT2D eigenvalue weighted by molar-refractivity contribution is 5.18. The van der Waals surface area contributed by atoms with Crippen molar-refractivity contribution in [3.05, 3.63) is 12.4 Å². The molecule has 0 spiro atoms. The van der Waals surface area contributed by atoms with Gasteiger partial charge in [0.2, 0.25) is 11.8 Å². The molecule has 0 unspecified atom stereocenters. The Balaban J connectivity index is 1.93. The lowest BCUT2D eigenvalue weighted by Crippen LogP contribution is -2.31. The predicted molar refractivity (Wildman–Crippen MR) is 59.4 cm³/mol. The Labute approximate surface area is 95.0 Å². The highest BCUT2D eigenvalue weighted by Gasteiger charge is 2.20. The standard InChI is InChI=1S/C11H17N3O2/c1-15-10-6-11(14-7-13-10)16-9-4-2-8(12)3-5-9/h6-9H,2-5,12H2,1H3. The molecule has 1 aliphatic rings. The molecule has 1 aliphatic carbocycles. The van der Waals surface area contributed by atoms with E-state index in [1.54, 1.807) is 13.2 Å². The van der Waals surface area contributed by atoms with Crippen molar-refractivity contribution in [2.45, 2.75) is 37.8 Å². The van der Waals surface area contributed by atoms with Crippen molar-refractivity contribution in [2.24, 2.45) is 5.73 Å². The van der Waals surface area contributed by atoms with Gasteiger partial charge in [-0.3, -0.25) is 0 Å². The zero-order valence-electron chi connectivity index (χ0n) is 9.43. The van der Waals surface area contributed by atoms with Crippen LogP contribution in [0.4, 0.5) is 0 Å². The number of nitrogens with two attached hydrogens (primary N) is 1. The van der Waals surface area contributed by atoms with Crippen LogP contribution < -0.4 is 15.2 Å². The number of ether oxygens (including phenoxy) is 2. The second-order valence-electron chi connectivity index (χ2n) is 4.05. The monoisotopic (exact) mass is 223 g/mol. The molecule has 0 atom stereocenters. The normalized spacial score (nSPS) is 25.1. The lowest BCUT2D eigenvalue weighted by molar-refractivity contribution is 0.140. The van der Waals surface area contributed by atoms with Gasteiger partial charge >= 0.3 is 0 Å². The molecule has 0 aliphatic heterocycles. The fraction of sp³-hybridized carbons (Fsp3) is 0.636. The molecule has 1 heterocycles. The third kappa shape index (κ3) is 2.82. The van der Waals surface area contributed by atoms with Crippen molar-refractivity contribution in [1.29, 1.82) is 0 Å². The summed E-state index contributed by atoms with van der Waals surface area (Å²) in [6, 6.07) is 2.04. The first-order valence-electron chi connectivity index (χ1n) is 5.56. The van der Waals surface area contributed by atoms with E-state index >= 15 is 0 Å². The molecular formula is C11H17N3O2. The molecule has 88 valence electrons. The molecule has 0 amide bonds. The van der Waals surface area contributed by atoms with Gasteiger partial charge in [-0.05, 0) is 25.7 Å². The maximum absolute atomic E-state index is 5.83. The van der Waals surface area contributed by atoms with E-state index in [9.17, 15) is 0 Å². The molecule has 16 heavy (non-hydrogen) atoms. The summed E-state index contributed by atoms with van der Waals surface area (Å²) in [6.07, 6.45) is 5.70. The summed E-state index contributed by atoms with van der Waals surface area (Å²) in [5.41, 5.74) is 5.83. The van der Waals surface area contributed by atoms with Crippen molar-refractivity contribution in [1.82, 2.24) is 9.97 Å². The molecule has 1 aromatic heterocycles. The van der Waals surface area contributed by atoms with Gasteiger partial charge in [-0.15, -0.1) is 0 Å².